The molecule has 106 valence electrons. The molecule has 1 unspecified atom stereocenters. The lowest BCUT2D eigenvalue weighted by Gasteiger charge is -2.16. The van der Waals surface area contributed by atoms with Crippen LogP contribution in [0.5, 0.6) is 5.88 Å². The molecule has 4 heteroatoms. The molecule has 1 aromatic heterocycles. The van der Waals surface area contributed by atoms with Crippen LogP contribution in [0.25, 0.3) is 0 Å². The lowest BCUT2D eigenvalue weighted by molar-refractivity contribution is 0.397. The fourth-order valence-electron chi connectivity index (χ4n) is 2.17. The molecule has 2 rings (SSSR count). The summed E-state index contributed by atoms with van der Waals surface area (Å²) in [7, 11) is 1.62. The third-order valence-corrected chi connectivity index (χ3v) is 3.35. The Morgan fingerprint density at radius 3 is 2.55 bits per heavy atom. The lowest BCUT2D eigenvalue weighted by Crippen LogP contribution is -2.37. The largest absolute Gasteiger partial charge is 0.481 e. The van der Waals surface area contributed by atoms with Crippen molar-refractivity contribution < 1.29 is 4.74 Å². The average molecular weight is 271 g/mol. The zero-order valence-electron chi connectivity index (χ0n) is 11.8. The number of aryl methyl sites for hydroxylation is 1. The van der Waals surface area contributed by atoms with Gasteiger partial charge in [-0.15, -0.1) is 0 Å². The van der Waals surface area contributed by atoms with E-state index in [4.69, 9.17) is 10.6 Å². The van der Waals surface area contributed by atoms with Gasteiger partial charge in [0.2, 0.25) is 5.88 Å². The minimum absolute atomic E-state index is 0.241. The minimum Gasteiger partial charge on any atom is -0.481 e. The van der Waals surface area contributed by atoms with Gasteiger partial charge in [-0.25, -0.2) is 4.98 Å². The molecule has 0 aliphatic carbocycles. The van der Waals surface area contributed by atoms with Crippen LogP contribution >= 0.6 is 0 Å². The number of pyridine rings is 1. The number of rotatable bonds is 7. The van der Waals surface area contributed by atoms with Gasteiger partial charge in [0.1, 0.15) is 0 Å². The predicted octanol–water partition coefficient (Wildman–Crippen LogP) is 2.10. The van der Waals surface area contributed by atoms with Crippen molar-refractivity contribution in [2.45, 2.75) is 25.3 Å². The number of hydrazine groups is 1. The Labute approximate surface area is 120 Å². The second-order valence-corrected chi connectivity index (χ2v) is 4.80. The third kappa shape index (κ3) is 4.33. The van der Waals surface area contributed by atoms with Gasteiger partial charge >= 0.3 is 0 Å². The molecule has 0 saturated carbocycles. The Balaban J connectivity index is 1.88. The summed E-state index contributed by atoms with van der Waals surface area (Å²) >= 11 is 0. The number of nitrogens with two attached hydrogens (primary N) is 1. The van der Waals surface area contributed by atoms with E-state index in [0.717, 1.165) is 24.8 Å². The van der Waals surface area contributed by atoms with Gasteiger partial charge in [-0.1, -0.05) is 36.4 Å². The number of hydrogen-bond donors (Lipinski definition) is 2. The summed E-state index contributed by atoms with van der Waals surface area (Å²) in [5.41, 5.74) is 5.38. The van der Waals surface area contributed by atoms with Gasteiger partial charge in [0.25, 0.3) is 0 Å². The molecule has 0 radical (unpaired) electrons. The number of nitrogens with zero attached hydrogens (tertiary/aromatic N) is 1. The highest BCUT2D eigenvalue weighted by atomic mass is 16.5. The van der Waals surface area contributed by atoms with E-state index in [0.29, 0.717) is 5.88 Å². The van der Waals surface area contributed by atoms with Crippen LogP contribution in [0.3, 0.4) is 0 Å². The van der Waals surface area contributed by atoms with Gasteiger partial charge in [0.05, 0.1) is 7.11 Å². The number of hydrogen-bond acceptors (Lipinski definition) is 4. The SMILES string of the molecule is COc1ccc(CC(CCc2ccccc2)NN)cn1. The number of benzene rings is 1. The number of methoxy groups -OCH3 is 1. The Bertz CT molecular complexity index is 499. The monoisotopic (exact) mass is 271 g/mol. The number of aromatic nitrogens is 1. The smallest absolute Gasteiger partial charge is 0.212 e. The van der Waals surface area contributed by atoms with Crippen LogP contribution in [0.1, 0.15) is 17.5 Å². The van der Waals surface area contributed by atoms with Crippen molar-refractivity contribution in [1.29, 1.82) is 0 Å². The molecule has 0 fully saturated rings. The molecule has 3 N–H and O–H groups in total. The summed E-state index contributed by atoms with van der Waals surface area (Å²) < 4.78 is 5.05. The first-order chi connectivity index (χ1) is 9.81. The van der Waals surface area contributed by atoms with Gasteiger partial charge < -0.3 is 4.74 Å². The summed E-state index contributed by atoms with van der Waals surface area (Å²) in [6.07, 6.45) is 4.71. The summed E-state index contributed by atoms with van der Waals surface area (Å²) in [5.74, 6) is 6.28. The van der Waals surface area contributed by atoms with Crippen LogP contribution in [0, 0.1) is 0 Å². The molecule has 0 bridgehead atoms. The van der Waals surface area contributed by atoms with E-state index in [1.807, 2.05) is 24.4 Å². The first-order valence-electron chi connectivity index (χ1n) is 6.81. The second kappa shape index (κ2) is 7.62. The average Bonchev–Trinajstić information content (AvgIpc) is 2.53. The van der Waals surface area contributed by atoms with E-state index in [9.17, 15) is 0 Å². The highest BCUT2D eigenvalue weighted by molar-refractivity contribution is 5.19. The molecule has 0 aliphatic heterocycles. The maximum Gasteiger partial charge on any atom is 0.212 e. The lowest BCUT2D eigenvalue weighted by atomic mass is 10.0. The summed E-state index contributed by atoms with van der Waals surface area (Å²) in [6.45, 7) is 0. The first-order valence-corrected chi connectivity index (χ1v) is 6.81. The van der Waals surface area contributed by atoms with E-state index in [1.165, 1.54) is 5.56 Å². The highest BCUT2D eigenvalue weighted by Crippen LogP contribution is 2.11. The summed E-state index contributed by atoms with van der Waals surface area (Å²) in [6, 6.07) is 14.6. The van der Waals surface area contributed by atoms with Crippen LogP contribution in [0.4, 0.5) is 0 Å². The molecule has 0 aliphatic rings. The van der Waals surface area contributed by atoms with Crippen LogP contribution in [-0.2, 0) is 12.8 Å². The van der Waals surface area contributed by atoms with E-state index in [2.05, 4.69) is 34.7 Å². The van der Waals surface area contributed by atoms with Crippen LogP contribution in [-0.4, -0.2) is 18.1 Å². The van der Waals surface area contributed by atoms with Gasteiger partial charge in [-0.05, 0) is 30.4 Å². The highest BCUT2D eigenvalue weighted by Gasteiger charge is 2.08. The minimum atomic E-state index is 0.241. The molecule has 0 spiro atoms. The third-order valence-electron chi connectivity index (χ3n) is 3.35. The van der Waals surface area contributed by atoms with Crippen molar-refractivity contribution in [3.05, 3.63) is 59.8 Å². The Kier molecular flexibility index (Phi) is 5.53. The van der Waals surface area contributed by atoms with Gasteiger partial charge in [-0.2, -0.15) is 0 Å². The van der Waals surface area contributed by atoms with Crippen LogP contribution in [0.2, 0.25) is 0 Å². The van der Waals surface area contributed by atoms with Crippen LogP contribution in [0.15, 0.2) is 48.7 Å². The van der Waals surface area contributed by atoms with Crippen molar-refractivity contribution >= 4 is 0 Å². The van der Waals surface area contributed by atoms with E-state index >= 15 is 0 Å². The summed E-state index contributed by atoms with van der Waals surface area (Å²) in [4.78, 5) is 4.21. The van der Waals surface area contributed by atoms with Crippen molar-refractivity contribution in [2.24, 2.45) is 5.84 Å². The Morgan fingerprint density at radius 2 is 1.95 bits per heavy atom. The first kappa shape index (κ1) is 14.5. The van der Waals surface area contributed by atoms with Gasteiger partial charge in [0.15, 0.2) is 0 Å². The van der Waals surface area contributed by atoms with Crippen molar-refractivity contribution in [2.75, 3.05) is 7.11 Å². The zero-order valence-corrected chi connectivity index (χ0v) is 11.8. The molecule has 0 amide bonds. The Hall–Kier alpha value is -1.91. The van der Waals surface area contributed by atoms with E-state index < -0.39 is 0 Å². The fourth-order valence-corrected chi connectivity index (χ4v) is 2.17. The van der Waals surface area contributed by atoms with Crippen molar-refractivity contribution in [3.8, 4) is 5.88 Å². The van der Waals surface area contributed by atoms with Gasteiger partial charge in [0, 0.05) is 18.3 Å². The number of nitrogens with one attached hydrogen (secondary N) is 1. The standard InChI is InChI=1S/C16H21N3O/c1-20-16-10-8-14(12-18-16)11-15(19-17)9-7-13-5-3-2-4-6-13/h2-6,8,10,12,15,19H,7,9,11,17H2,1H3. The van der Waals surface area contributed by atoms with E-state index in [-0.39, 0.29) is 6.04 Å². The zero-order chi connectivity index (χ0) is 14.2. The van der Waals surface area contributed by atoms with Crippen molar-refractivity contribution in [3.63, 3.8) is 0 Å². The molecule has 20 heavy (non-hydrogen) atoms. The fraction of sp³-hybridized carbons (Fsp3) is 0.312. The Morgan fingerprint density at radius 1 is 1.15 bits per heavy atom. The van der Waals surface area contributed by atoms with Crippen molar-refractivity contribution in [1.82, 2.24) is 10.4 Å². The topological polar surface area (TPSA) is 60.2 Å². The summed E-state index contributed by atoms with van der Waals surface area (Å²) in [5, 5.41) is 0. The maximum atomic E-state index is 5.65. The van der Waals surface area contributed by atoms with Crippen LogP contribution < -0.4 is 16.0 Å². The molecule has 1 aromatic carbocycles. The molecule has 2 aromatic rings. The molecular weight excluding hydrogens is 250 g/mol. The normalized spacial score (nSPS) is 12.1. The molecule has 1 atom stereocenters. The van der Waals surface area contributed by atoms with Gasteiger partial charge in [-0.3, -0.25) is 11.3 Å². The van der Waals surface area contributed by atoms with E-state index in [1.54, 1.807) is 7.11 Å². The quantitative estimate of drug-likeness (QED) is 0.598. The molecule has 0 saturated heterocycles. The second-order valence-electron chi connectivity index (χ2n) is 4.80. The molecule has 4 nitrogen and oxygen atoms in total. The predicted molar refractivity (Wildman–Crippen MR) is 80.4 cm³/mol. The maximum absolute atomic E-state index is 5.65. The molecular formula is C16H21N3O. The number of ether oxygens (including phenoxy) is 1. The molecule has 1 heterocycles.